The van der Waals surface area contributed by atoms with Crippen LogP contribution in [0.4, 0.5) is 0 Å². The fourth-order valence-corrected chi connectivity index (χ4v) is 3.34. The van der Waals surface area contributed by atoms with Crippen LogP contribution in [0.25, 0.3) is 0 Å². The van der Waals surface area contributed by atoms with Crippen molar-refractivity contribution in [2.45, 2.75) is 49.9 Å². The Hall–Kier alpha value is -0.260. The highest BCUT2D eigenvalue weighted by atomic mass is 32.2. The van der Waals surface area contributed by atoms with Crippen molar-refractivity contribution in [1.82, 2.24) is 10.6 Å². The minimum atomic E-state index is -0.125. The molecule has 0 bridgehead atoms. The first-order valence-corrected chi connectivity index (χ1v) is 8.03. The first-order valence-electron chi connectivity index (χ1n) is 6.74. The predicted octanol–water partition coefficient (Wildman–Crippen LogP) is 1.40. The van der Waals surface area contributed by atoms with Crippen molar-refractivity contribution in [3.63, 3.8) is 0 Å². The second-order valence-electron chi connectivity index (χ2n) is 4.84. The van der Waals surface area contributed by atoms with E-state index in [2.05, 4.69) is 16.9 Å². The van der Waals surface area contributed by atoms with Gasteiger partial charge in [0, 0.05) is 24.9 Å². The zero-order valence-corrected chi connectivity index (χ0v) is 12.5. The van der Waals surface area contributed by atoms with E-state index in [9.17, 15) is 4.79 Å². The van der Waals surface area contributed by atoms with Gasteiger partial charge in [0.25, 0.3) is 0 Å². The van der Waals surface area contributed by atoms with E-state index in [1.165, 1.54) is 25.7 Å². The van der Waals surface area contributed by atoms with Crippen molar-refractivity contribution in [1.29, 1.82) is 0 Å². The van der Waals surface area contributed by atoms with Gasteiger partial charge in [0.1, 0.15) is 0 Å². The molecule has 1 fully saturated rings. The van der Waals surface area contributed by atoms with Gasteiger partial charge in [0.05, 0.1) is 12.6 Å². The molecule has 106 valence electrons. The second-order valence-corrected chi connectivity index (χ2v) is 5.91. The molecule has 1 saturated carbocycles. The molecular formula is C13H26N2O2S. The van der Waals surface area contributed by atoms with Crippen LogP contribution < -0.4 is 10.6 Å². The van der Waals surface area contributed by atoms with E-state index in [4.69, 9.17) is 4.74 Å². The topological polar surface area (TPSA) is 50.4 Å². The number of methoxy groups -OCH3 is 1. The highest BCUT2D eigenvalue weighted by molar-refractivity contribution is 7.99. The Bertz CT molecular complexity index is 251. The molecule has 0 heterocycles. The van der Waals surface area contributed by atoms with Crippen LogP contribution in [-0.4, -0.2) is 49.8 Å². The molecule has 1 aliphatic carbocycles. The minimum absolute atomic E-state index is 0.0671. The van der Waals surface area contributed by atoms with Crippen molar-refractivity contribution in [3.05, 3.63) is 0 Å². The van der Waals surface area contributed by atoms with Gasteiger partial charge in [-0.05, 0) is 26.0 Å². The quantitative estimate of drug-likeness (QED) is 0.689. The number of carbonyl (C=O) groups excluding carboxylic acids is 1. The lowest BCUT2D eigenvalue weighted by molar-refractivity contribution is -0.123. The Morgan fingerprint density at radius 1 is 1.44 bits per heavy atom. The van der Waals surface area contributed by atoms with Gasteiger partial charge >= 0.3 is 0 Å². The Kier molecular flexibility index (Phi) is 7.70. The summed E-state index contributed by atoms with van der Waals surface area (Å²) >= 11 is 1.91. The molecule has 3 unspecified atom stereocenters. The van der Waals surface area contributed by atoms with Gasteiger partial charge in [-0.15, -0.1) is 0 Å². The summed E-state index contributed by atoms with van der Waals surface area (Å²) in [5, 5.41) is 6.99. The number of ether oxygens (including phenoxy) is 1. The van der Waals surface area contributed by atoms with E-state index in [1.807, 2.05) is 18.7 Å². The van der Waals surface area contributed by atoms with E-state index in [-0.39, 0.29) is 11.9 Å². The lowest BCUT2D eigenvalue weighted by atomic mass is 9.94. The van der Waals surface area contributed by atoms with Crippen LogP contribution in [-0.2, 0) is 9.53 Å². The van der Waals surface area contributed by atoms with Crippen molar-refractivity contribution < 1.29 is 9.53 Å². The van der Waals surface area contributed by atoms with E-state index in [1.54, 1.807) is 7.11 Å². The van der Waals surface area contributed by atoms with Crippen LogP contribution >= 0.6 is 11.8 Å². The monoisotopic (exact) mass is 274 g/mol. The SMILES string of the molecule is COCCNC(=O)C(C)NC1CCCCC1SC. The maximum absolute atomic E-state index is 11.9. The highest BCUT2D eigenvalue weighted by Gasteiger charge is 2.26. The summed E-state index contributed by atoms with van der Waals surface area (Å²) in [6.07, 6.45) is 7.19. The summed E-state index contributed by atoms with van der Waals surface area (Å²) in [5.74, 6) is 0.0671. The normalized spacial score (nSPS) is 25.7. The van der Waals surface area contributed by atoms with E-state index >= 15 is 0 Å². The molecule has 0 spiro atoms. The lowest BCUT2D eigenvalue weighted by Crippen LogP contribution is -2.51. The Morgan fingerprint density at radius 3 is 2.83 bits per heavy atom. The van der Waals surface area contributed by atoms with Crippen molar-refractivity contribution in [2.75, 3.05) is 26.5 Å². The van der Waals surface area contributed by atoms with Gasteiger partial charge in [-0.2, -0.15) is 11.8 Å². The maximum Gasteiger partial charge on any atom is 0.236 e. The molecule has 2 N–H and O–H groups in total. The molecule has 1 aliphatic rings. The largest absolute Gasteiger partial charge is 0.383 e. The van der Waals surface area contributed by atoms with Gasteiger partial charge in [-0.25, -0.2) is 0 Å². The number of carbonyl (C=O) groups is 1. The van der Waals surface area contributed by atoms with Gasteiger partial charge in [-0.1, -0.05) is 12.8 Å². The van der Waals surface area contributed by atoms with Crippen LogP contribution in [0.1, 0.15) is 32.6 Å². The summed E-state index contributed by atoms with van der Waals surface area (Å²) in [4.78, 5) is 11.9. The highest BCUT2D eigenvalue weighted by Crippen LogP contribution is 2.27. The molecule has 1 rings (SSSR count). The number of rotatable bonds is 7. The average Bonchev–Trinajstić information content (AvgIpc) is 2.39. The predicted molar refractivity (Wildman–Crippen MR) is 77.0 cm³/mol. The van der Waals surface area contributed by atoms with Crippen molar-refractivity contribution in [3.8, 4) is 0 Å². The first-order chi connectivity index (χ1) is 8.69. The van der Waals surface area contributed by atoms with Gasteiger partial charge in [0.15, 0.2) is 0 Å². The summed E-state index contributed by atoms with van der Waals surface area (Å²) in [5.41, 5.74) is 0. The number of thioether (sulfide) groups is 1. The zero-order chi connectivity index (χ0) is 13.4. The van der Waals surface area contributed by atoms with E-state index < -0.39 is 0 Å². The smallest absolute Gasteiger partial charge is 0.236 e. The second kappa shape index (κ2) is 8.77. The average molecular weight is 274 g/mol. The number of hydrogen-bond acceptors (Lipinski definition) is 4. The molecule has 1 amide bonds. The molecule has 0 radical (unpaired) electrons. The molecule has 4 nitrogen and oxygen atoms in total. The van der Waals surface area contributed by atoms with Crippen LogP contribution in [0, 0.1) is 0 Å². The fourth-order valence-electron chi connectivity index (χ4n) is 2.40. The molecule has 0 aromatic heterocycles. The molecule has 0 aromatic carbocycles. The molecule has 0 saturated heterocycles. The van der Waals surface area contributed by atoms with Crippen LogP contribution in [0.5, 0.6) is 0 Å². The number of hydrogen-bond donors (Lipinski definition) is 2. The van der Waals surface area contributed by atoms with Gasteiger partial charge < -0.3 is 15.4 Å². The number of nitrogens with one attached hydrogen (secondary N) is 2. The van der Waals surface area contributed by atoms with E-state index in [0.717, 1.165) is 0 Å². The molecule has 0 aliphatic heterocycles. The third-order valence-corrected chi connectivity index (χ3v) is 4.64. The maximum atomic E-state index is 11.9. The van der Waals surface area contributed by atoms with Gasteiger partial charge in [-0.3, -0.25) is 4.79 Å². The van der Waals surface area contributed by atoms with Crippen LogP contribution in [0.15, 0.2) is 0 Å². The summed E-state index contributed by atoms with van der Waals surface area (Å²) in [7, 11) is 1.64. The molecular weight excluding hydrogens is 248 g/mol. The number of amides is 1. The molecule has 18 heavy (non-hydrogen) atoms. The van der Waals surface area contributed by atoms with Crippen molar-refractivity contribution >= 4 is 17.7 Å². The Balaban J connectivity index is 2.32. The summed E-state index contributed by atoms with van der Waals surface area (Å²) in [6.45, 7) is 3.08. The first kappa shape index (κ1) is 15.8. The van der Waals surface area contributed by atoms with Crippen LogP contribution in [0.3, 0.4) is 0 Å². The molecule has 3 atom stereocenters. The van der Waals surface area contributed by atoms with Crippen LogP contribution in [0.2, 0.25) is 0 Å². The zero-order valence-electron chi connectivity index (χ0n) is 11.7. The summed E-state index contributed by atoms with van der Waals surface area (Å²) < 4.78 is 4.92. The van der Waals surface area contributed by atoms with Gasteiger partial charge in [0.2, 0.25) is 5.91 Å². The van der Waals surface area contributed by atoms with E-state index in [0.29, 0.717) is 24.4 Å². The fraction of sp³-hybridized carbons (Fsp3) is 0.923. The van der Waals surface area contributed by atoms with Crippen molar-refractivity contribution in [2.24, 2.45) is 0 Å². The standard InChI is InChI=1S/C13H26N2O2S/c1-10(13(16)14-8-9-17-2)15-11-6-4-5-7-12(11)18-3/h10-12,15H,4-9H2,1-3H3,(H,14,16). The molecule has 5 heteroatoms. The summed E-state index contributed by atoms with van der Waals surface area (Å²) in [6, 6.07) is 0.344. The third kappa shape index (κ3) is 5.16. The Labute approximate surface area is 115 Å². The third-order valence-electron chi connectivity index (χ3n) is 3.47. The minimum Gasteiger partial charge on any atom is -0.383 e. The lowest BCUT2D eigenvalue weighted by Gasteiger charge is -2.33. The Morgan fingerprint density at radius 2 is 2.17 bits per heavy atom. The molecule has 0 aromatic rings.